The van der Waals surface area contributed by atoms with E-state index in [1.807, 2.05) is 12.2 Å². The van der Waals surface area contributed by atoms with Gasteiger partial charge >= 0.3 is 0 Å². The Morgan fingerprint density at radius 3 is 2.76 bits per heavy atom. The van der Waals surface area contributed by atoms with E-state index in [4.69, 9.17) is 23.7 Å². The third-order valence-corrected chi connectivity index (χ3v) is 9.01. The van der Waals surface area contributed by atoms with E-state index in [1.165, 1.54) is 0 Å². The van der Waals surface area contributed by atoms with Crippen molar-refractivity contribution < 1.29 is 28.5 Å². The van der Waals surface area contributed by atoms with Gasteiger partial charge in [0.1, 0.15) is 24.0 Å². The first kappa shape index (κ1) is 29.9. The van der Waals surface area contributed by atoms with Gasteiger partial charge in [-0.2, -0.15) is 0 Å². The largest absolute Gasteiger partial charge is 0.498 e. The van der Waals surface area contributed by atoms with E-state index >= 15 is 0 Å². The molecular weight excluding hydrogens is 520 g/mol. The van der Waals surface area contributed by atoms with Crippen molar-refractivity contribution in [2.75, 3.05) is 34.0 Å². The van der Waals surface area contributed by atoms with Crippen LogP contribution in [0.4, 0.5) is 0 Å². The van der Waals surface area contributed by atoms with Crippen molar-refractivity contribution in [2.24, 2.45) is 33.2 Å². The molecule has 41 heavy (non-hydrogen) atoms. The van der Waals surface area contributed by atoms with Crippen LogP contribution in [-0.4, -0.2) is 70.3 Å². The summed E-state index contributed by atoms with van der Waals surface area (Å²) in [6.45, 7) is 6.85. The summed E-state index contributed by atoms with van der Waals surface area (Å²) in [5.41, 5.74) is 1.99. The number of methoxy groups -OCH3 is 2. The van der Waals surface area contributed by atoms with Crippen molar-refractivity contribution >= 4 is 17.8 Å². The lowest BCUT2D eigenvalue weighted by Crippen LogP contribution is -2.34. The summed E-state index contributed by atoms with van der Waals surface area (Å²) in [6.07, 6.45) is 17.9. The number of fused-ring (bicyclic) bond motifs is 1. The molecule has 0 N–H and O–H groups in total. The van der Waals surface area contributed by atoms with Crippen LogP contribution in [0.1, 0.15) is 65.2 Å². The lowest BCUT2D eigenvalue weighted by Gasteiger charge is -2.32. The zero-order chi connectivity index (χ0) is 28.8. The second-order valence-electron chi connectivity index (χ2n) is 12.6. The first-order valence-corrected chi connectivity index (χ1v) is 15.2. The number of carbonyl (C=O) groups is 1. The Balaban J connectivity index is 1.11. The number of ketones is 1. The Hall–Kier alpha value is -2.55. The number of nitrogens with zero attached hydrogens (tertiary/aromatic N) is 2. The third-order valence-electron chi connectivity index (χ3n) is 9.01. The highest BCUT2D eigenvalue weighted by atomic mass is 16.5. The second kappa shape index (κ2) is 13.6. The normalized spacial score (nSPS) is 30.4. The minimum atomic E-state index is -0.333. The van der Waals surface area contributed by atoms with Crippen molar-refractivity contribution in [2.45, 2.75) is 83.6 Å². The molecule has 224 valence electrons. The maximum Gasteiger partial charge on any atom is 0.159 e. The molecule has 0 bridgehead atoms. The number of aliphatic imine (C=N–C) groups is 2. The molecule has 3 heterocycles. The van der Waals surface area contributed by atoms with Crippen molar-refractivity contribution in [1.29, 1.82) is 0 Å². The monoisotopic (exact) mass is 566 g/mol. The SMILES string of the molecule is COC1=CC2=NC=NC(O[C@@H]3C=CC=C(CC(=O)CC4C=C(C(C)(C)CC5CCOCC5)OC4)C3)C2CCC1OC. The van der Waals surface area contributed by atoms with Crippen molar-refractivity contribution in [1.82, 2.24) is 0 Å². The first-order chi connectivity index (χ1) is 19.8. The Kier molecular flexibility index (Phi) is 9.94. The average Bonchev–Trinajstić information content (AvgIpc) is 3.35. The zero-order valence-electron chi connectivity index (χ0n) is 25.1. The summed E-state index contributed by atoms with van der Waals surface area (Å²) < 4.78 is 29.3. The summed E-state index contributed by atoms with van der Waals surface area (Å²) in [7, 11) is 3.36. The number of carbonyl (C=O) groups excluding carboxylic acids is 1. The fourth-order valence-electron chi connectivity index (χ4n) is 6.76. The molecular formula is C33H46N2O6. The van der Waals surface area contributed by atoms with Gasteiger partial charge in [0, 0.05) is 56.5 Å². The minimum Gasteiger partial charge on any atom is -0.498 e. The maximum atomic E-state index is 13.1. The fourth-order valence-corrected chi connectivity index (χ4v) is 6.76. The number of hydrogen-bond acceptors (Lipinski definition) is 8. The van der Waals surface area contributed by atoms with E-state index in [2.05, 4.69) is 42.1 Å². The van der Waals surface area contributed by atoms with Gasteiger partial charge in [-0.15, -0.1) is 0 Å². The standard InChI is InChI=1S/C33H46N2O6/c1-33(2,19-22-10-12-39-13-11-22)31-17-24(20-40-31)15-25(36)14-23-6-5-7-26(16-23)41-32-27-8-9-29(37-3)30(38-4)18-28(27)34-21-35-32/h5-7,17-18,21-22,24,26-27,29,32H,8-16,19-20H2,1-4H3/t24?,26-,27?,29?,32?/m1/s1. The highest BCUT2D eigenvalue weighted by Crippen LogP contribution is 2.41. The molecule has 8 nitrogen and oxygen atoms in total. The van der Waals surface area contributed by atoms with Crippen LogP contribution in [0.25, 0.3) is 0 Å². The van der Waals surface area contributed by atoms with Gasteiger partial charge in [0.15, 0.2) is 6.23 Å². The molecule has 0 amide bonds. The van der Waals surface area contributed by atoms with Gasteiger partial charge in [0.05, 0.1) is 31.3 Å². The molecule has 5 aliphatic rings. The van der Waals surface area contributed by atoms with Gasteiger partial charge < -0.3 is 23.7 Å². The molecule has 0 aromatic rings. The molecule has 4 unspecified atom stereocenters. The molecule has 0 radical (unpaired) electrons. The Morgan fingerprint density at radius 1 is 1.15 bits per heavy atom. The van der Waals surface area contributed by atoms with Gasteiger partial charge in [-0.1, -0.05) is 37.6 Å². The van der Waals surface area contributed by atoms with Crippen molar-refractivity contribution in [3.63, 3.8) is 0 Å². The number of hydrogen-bond donors (Lipinski definition) is 0. The van der Waals surface area contributed by atoms with Crippen LogP contribution >= 0.6 is 0 Å². The minimum absolute atomic E-state index is 0.0179. The molecule has 3 aliphatic heterocycles. The van der Waals surface area contributed by atoms with Crippen LogP contribution in [0.5, 0.6) is 0 Å². The lowest BCUT2D eigenvalue weighted by atomic mass is 9.78. The molecule has 5 rings (SSSR count). The molecule has 2 aliphatic carbocycles. The summed E-state index contributed by atoms with van der Waals surface area (Å²) in [6, 6.07) is 0. The van der Waals surface area contributed by atoms with Crippen LogP contribution in [-0.2, 0) is 28.5 Å². The van der Waals surface area contributed by atoms with E-state index in [-0.39, 0.29) is 41.5 Å². The topological polar surface area (TPSA) is 87.9 Å². The highest BCUT2D eigenvalue weighted by Gasteiger charge is 2.36. The summed E-state index contributed by atoms with van der Waals surface area (Å²) in [5, 5.41) is 0. The van der Waals surface area contributed by atoms with Gasteiger partial charge in [-0.3, -0.25) is 4.79 Å². The third kappa shape index (κ3) is 7.65. The predicted octanol–water partition coefficient (Wildman–Crippen LogP) is 5.74. The molecule has 5 atom stereocenters. The van der Waals surface area contributed by atoms with Gasteiger partial charge in [-0.05, 0) is 50.5 Å². The lowest BCUT2D eigenvalue weighted by molar-refractivity contribution is -0.119. The van der Waals surface area contributed by atoms with Gasteiger partial charge in [-0.25, -0.2) is 9.98 Å². The van der Waals surface area contributed by atoms with E-state index in [9.17, 15) is 4.79 Å². The van der Waals surface area contributed by atoms with Crippen LogP contribution in [0, 0.1) is 23.2 Å². The smallest absolute Gasteiger partial charge is 0.159 e. The molecule has 0 saturated carbocycles. The average molecular weight is 567 g/mol. The Morgan fingerprint density at radius 2 is 1.98 bits per heavy atom. The second-order valence-corrected chi connectivity index (χ2v) is 12.6. The zero-order valence-corrected chi connectivity index (χ0v) is 25.1. The van der Waals surface area contributed by atoms with Gasteiger partial charge in [0.25, 0.3) is 0 Å². The summed E-state index contributed by atoms with van der Waals surface area (Å²) in [5.74, 6) is 2.93. The Labute approximate surface area is 244 Å². The number of ether oxygens (including phenoxy) is 5. The quantitative estimate of drug-likeness (QED) is 0.317. The molecule has 0 spiro atoms. The van der Waals surface area contributed by atoms with E-state index in [0.717, 1.165) is 68.1 Å². The maximum absolute atomic E-state index is 13.1. The van der Waals surface area contributed by atoms with Crippen LogP contribution in [0.3, 0.4) is 0 Å². The first-order valence-electron chi connectivity index (χ1n) is 15.2. The van der Waals surface area contributed by atoms with E-state index in [1.54, 1.807) is 20.6 Å². The molecule has 0 aromatic carbocycles. The number of Topliss-reactive ketones (excluding diaryl/α,β-unsaturated/α-hetero) is 1. The number of allylic oxidation sites excluding steroid dienone is 4. The van der Waals surface area contributed by atoms with Crippen LogP contribution in [0.2, 0.25) is 0 Å². The predicted molar refractivity (Wildman–Crippen MR) is 159 cm³/mol. The molecule has 1 fully saturated rings. The Bertz CT molecular complexity index is 1130. The van der Waals surface area contributed by atoms with Crippen LogP contribution in [0.15, 0.2) is 57.5 Å². The molecule has 0 aromatic heterocycles. The highest BCUT2D eigenvalue weighted by molar-refractivity contribution is 6.03. The molecule has 8 heteroatoms. The van der Waals surface area contributed by atoms with E-state index < -0.39 is 0 Å². The van der Waals surface area contributed by atoms with Crippen LogP contribution < -0.4 is 0 Å². The molecule has 1 saturated heterocycles. The van der Waals surface area contributed by atoms with Crippen molar-refractivity contribution in [3.05, 3.63) is 47.5 Å². The number of rotatable bonds is 11. The van der Waals surface area contributed by atoms with Crippen molar-refractivity contribution in [3.8, 4) is 0 Å². The fraction of sp³-hybridized carbons (Fsp3) is 0.667. The summed E-state index contributed by atoms with van der Waals surface area (Å²) in [4.78, 5) is 22.2. The van der Waals surface area contributed by atoms with E-state index in [0.29, 0.717) is 31.8 Å². The summed E-state index contributed by atoms with van der Waals surface area (Å²) >= 11 is 0. The van der Waals surface area contributed by atoms with Gasteiger partial charge in [0.2, 0.25) is 0 Å².